The summed E-state index contributed by atoms with van der Waals surface area (Å²) in [6.45, 7) is 2.27. The van der Waals surface area contributed by atoms with Crippen molar-refractivity contribution in [3.63, 3.8) is 0 Å². The van der Waals surface area contributed by atoms with Crippen molar-refractivity contribution >= 4 is 16.0 Å². The Balaban J connectivity index is 2.09. The molecule has 0 radical (unpaired) electrons. The van der Waals surface area contributed by atoms with Gasteiger partial charge in [-0.3, -0.25) is 8.98 Å². The molecule has 164 valence electrons. The molecular weight excluding hydrogens is 420 g/mol. The number of amides is 1. The van der Waals surface area contributed by atoms with E-state index in [4.69, 9.17) is 4.18 Å². The van der Waals surface area contributed by atoms with Gasteiger partial charge in [0.05, 0.1) is 23.6 Å². The summed E-state index contributed by atoms with van der Waals surface area (Å²) in [5.41, 5.74) is 0.444. The molecule has 0 saturated carbocycles. The molecule has 0 spiro atoms. The lowest BCUT2D eigenvalue weighted by Gasteiger charge is -2.26. The summed E-state index contributed by atoms with van der Waals surface area (Å²) in [5.74, 6) is -2.27. The van der Waals surface area contributed by atoms with Crippen LogP contribution in [0.2, 0.25) is 0 Å². The highest BCUT2D eigenvalue weighted by Gasteiger charge is 2.28. The van der Waals surface area contributed by atoms with E-state index in [2.05, 4.69) is 5.32 Å². The van der Waals surface area contributed by atoms with Gasteiger partial charge in [0.15, 0.2) is 0 Å². The molecule has 0 unspecified atom stereocenters. The maximum atomic E-state index is 14.0. The zero-order valence-corrected chi connectivity index (χ0v) is 17.2. The smallest absolute Gasteiger partial charge is 0.297 e. The molecule has 3 atom stereocenters. The van der Waals surface area contributed by atoms with Gasteiger partial charge < -0.3 is 15.5 Å². The number of carbonyl (C=O) groups excluding carboxylic acids is 1. The normalized spacial score (nSPS) is 14.7. The zero-order valence-electron chi connectivity index (χ0n) is 16.4. The number of carbonyl (C=O) groups is 1. The van der Waals surface area contributed by atoms with Gasteiger partial charge >= 0.3 is 0 Å². The zero-order chi connectivity index (χ0) is 22.5. The summed E-state index contributed by atoms with van der Waals surface area (Å²) >= 11 is 0. The van der Waals surface area contributed by atoms with Crippen LogP contribution < -0.4 is 5.32 Å². The molecule has 2 rings (SSSR count). The molecule has 0 aliphatic heterocycles. The molecule has 2 aromatic rings. The van der Waals surface area contributed by atoms with Crippen LogP contribution in [-0.4, -0.2) is 43.3 Å². The van der Waals surface area contributed by atoms with Crippen LogP contribution in [0.3, 0.4) is 0 Å². The van der Waals surface area contributed by atoms with Crippen molar-refractivity contribution in [3.8, 4) is 0 Å². The van der Waals surface area contributed by atoms with E-state index in [0.717, 1.165) is 30.7 Å². The average molecular weight is 443 g/mol. The number of aliphatic hydroxyl groups is 2. The molecule has 7 nitrogen and oxygen atoms in total. The van der Waals surface area contributed by atoms with Crippen molar-refractivity contribution in [2.75, 3.05) is 6.61 Å². The van der Waals surface area contributed by atoms with Crippen molar-refractivity contribution in [1.82, 2.24) is 5.32 Å². The molecule has 0 fully saturated rings. The Labute approximate surface area is 173 Å². The third-order valence-corrected chi connectivity index (χ3v) is 5.59. The Morgan fingerprint density at radius 1 is 1.13 bits per heavy atom. The predicted octanol–water partition coefficient (Wildman–Crippen LogP) is 1.97. The minimum absolute atomic E-state index is 0.0967. The van der Waals surface area contributed by atoms with E-state index in [-0.39, 0.29) is 11.3 Å². The molecule has 0 aliphatic carbocycles. The fraction of sp³-hybridized carbons (Fsp3) is 0.350. The summed E-state index contributed by atoms with van der Waals surface area (Å²) in [6.07, 6.45) is -3.50. The summed E-state index contributed by atoms with van der Waals surface area (Å²) in [5, 5.41) is 23.0. The SMILES string of the molecule is CC(=O)N[C@H](C[C@@H](O)COS(=O)(=O)c1ccc(C)cc1)[C@H](O)c1cc(F)ccc1F. The van der Waals surface area contributed by atoms with Gasteiger partial charge in [-0.2, -0.15) is 8.42 Å². The van der Waals surface area contributed by atoms with Crippen molar-refractivity contribution < 1.29 is 36.4 Å². The Morgan fingerprint density at radius 2 is 1.77 bits per heavy atom. The number of hydrogen-bond acceptors (Lipinski definition) is 6. The van der Waals surface area contributed by atoms with Crippen molar-refractivity contribution in [2.24, 2.45) is 0 Å². The molecule has 30 heavy (non-hydrogen) atoms. The van der Waals surface area contributed by atoms with Gasteiger partial charge in [0.1, 0.15) is 17.7 Å². The molecule has 0 heterocycles. The van der Waals surface area contributed by atoms with Crippen molar-refractivity contribution in [2.45, 2.75) is 43.4 Å². The van der Waals surface area contributed by atoms with Gasteiger partial charge in [-0.1, -0.05) is 17.7 Å². The lowest BCUT2D eigenvalue weighted by Crippen LogP contribution is -2.41. The summed E-state index contributed by atoms with van der Waals surface area (Å²) < 4.78 is 56.7. The molecule has 0 aliphatic rings. The summed E-state index contributed by atoms with van der Waals surface area (Å²) in [7, 11) is -4.14. The van der Waals surface area contributed by atoms with E-state index in [9.17, 15) is 32.2 Å². The summed E-state index contributed by atoms with van der Waals surface area (Å²) in [4.78, 5) is 11.4. The first-order valence-corrected chi connectivity index (χ1v) is 10.4. The van der Waals surface area contributed by atoms with Crippen LogP contribution >= 0.6 is 0 Å². The van der Waals surface area contributed by atoms with E-state index < -0.39 is 58.1 Å². The van der Waals surface area contributed by atoms with Crippen molar-refractivity contribution in [1.29, 1.82) is 0 Å². The Kier molecular flexibility index (Phi) is 8.02. The molecule has 1 amide bonds. The monoisotopic (exact) mass is 443 g/mol. The number of halogens is 2. The van der Waals surface area contributed by atoms with Crippen molar-refractivity contribution in [3.05, 3.63) is 65.2 Å². The second-order valence-corrected chi connectivity index (χ2v) is 8.47. The Bertz CT molecular complexity index is 981. The maximum Gasteiger partial charge on any atom is 0.297 e. The highest BCUT2D eigenvalue weighted by atomic mass is 32.2. The van der Waals surface area contributed by atoms with Crippen LogP contribution in [0.1, 0.15) is 30.6 Å². The molecule has 0 saturated heterocycles. The predicted molar refractivity (Wildman–Crippen MR) is 104 cm³/mol. The number of rotatable bonds is 9. The van der Waals surface area contributed by atoms with Crippen LogP contribution in [0.25, 0.3) is 0 Å². The fourth-order valence-electron chi connectivity index (χ4n) is 2.79. The first kappa shape index (κ1) is 23.9. The molecule has 0 aromatic heterocycles. The largest absolute Gasteiger partial charge is 0.391 e. The Morgan fingerprint density at radius 3 is 2.37 bits per heavy atom. The quantitative estimate of drug-likeness (QED) is 0.511. The fourth-order valence-corrected chi connectivity index (χ4v) is 3.73. The number of aliphatic hydroxyl groups excluding tert-OH is 2. The van der Waals surface area contributed by atoms with E-state index in [1.54, 1.807) is 19.1 Å². The molecular formula is C20H23F2NO6S. The average Bonchev–Trinajstić information content (AvgIpc) is 2.67. The number of benzene rings is 2. The highest BCUT2D eigenvalue weighted by molar-refractivity contribution is 7.86. The van der Waals surface area contributed by atoms with Crippen LogP contribution in [0.4, 0.5) is 8.78 Å². The first-order chi connectivity index (χ1) is 14.0. The molecule has 2 aromatic carbocycles. The van der Waals surface area contributed by atoms with Crippen LogP contribution in [0.15, 0.2) is 47.4 Å². The highest BCUT2D eigenvalue weighted by Crippen LogP contribution is 2.24. The Hall–Kier alpha value is -2.40. The van der Waals surface area contributed by atoms with E-state index >= 15 is 0 Å². The maximum absolute atomic E-state index is 14.0. The molecule has 0 bridgehead atoms. The van der Waals surface area contributed by atoms with Gasteiger partial charge in [-0.15, -0.1) is 0 Å². The van der Waals surface area contributed by atoms with E-state index in [0.29, 0.717) is 0 Å². The van der Waals surface area contributed by atoms with Crippen LogP contribution in [-0.2, 0) is 19.1 Å². The minimum Gasteiger partial charge on any atom is -0.391 e. The van der Waals surface area contributed by atoms with Gasteiger partial charge in [0.2, 0.25) is 5.91 Å². The minimum atomic E-state index is -4.14. The van der Waals surface area contributed by atoms with Gasteiger partial charge in [0, 0.05) is 12.5 Å². The second kappa shape index (κ2) is 10.1. The van der Waals surface area contributed by atoms with Crippen LogP contribution in [0, 0.1) is 18.6 Å². The van der Waals surface area contributed by atoms with Gasteiger partial charge in [-0.25, -0.2) is 8.78 Å². The number of hydrogen-bond donors (Lipinski definition) is 3. The standard InChI is InChI=1S/C20H23F2NO6S/c1-12-3-6-16(7-4-12)30(27,28)29-11-15(25)10-19(23-13(2)24)20(26)17-9-14(21)5-8-18(17)22/h3-9,15,19-20,25-26H,10-11H2,1-2H3,(H,23,24)/t15-,19-,20-/m1/s1. The van der Waals surface area contributed by atoms with Crippen LogP contribution in [0.5, 0.6) is 0 Å². The third kappa shape index (κ3) is 6.56. The van der Waals surface area contributed by atoms with Gasteiger partial charge in [0.25, 0.3) is 10.1 Å². The molecule has 3 N–H and O–H groups in total. The number of nitrogens with one attached hydrogen (secondary N) is 1. The molecule has 10 heteroatoms. The second-order valence-electron chi connectivity index (χ2n) is 6.86. The van der Waals surface area contributed by atoms with E-state index in [1.165, 1.54) is 12.1 Å². The third-order valence-electron chi connectivity index (χ3n) is 4.30. The van der Waals surface area contributed by atoms with Gasteiger partial charge in [-0.05, 0) is 43.7 Å². The number of aryl methyl sites for hydroxylation is 1. The lowest BCUT2D eigenvalue weighted by atomic mass is 9.96. The topological polar surface area (TPSA) is 113 Å². The first-order valence-electron chi connectivity index (χ1n) is 9.04. The van der Waals surface area contributed by atoms with E-state index in [1.807, 2.05) is 0 Å². The lowest BCUT2D eigenvalue weighted by molar-refractivity contribution is -0.120. The summed E-state index contributed by atoms with van der Waals surface area (Å²) in [6, 6.07) is 7.14.